The van der Waals surface area contributed by atoms with E-state index < -0.39 is 11.6 Å². The summed E-state index contributed by atoms with van der Waals surface area (Å²) in [6.07, 6.45) is 3.35. The van der Waals surface area contributed by atoms with Gasteiger partial charge in [0.25, 0.3) is 0 Å². The first-order chi connectivity index (χ1) is 8.65. The second kappa shape index (κ2) is 4.39. The summed E-state index contributed by atoms with van der Waals surface area (Å²) in [5.74, 6) is -1.29. The van der Waals surface area contributed by atoms with Gasteiger partial charge in [-0.15, -0.1) is 0 Å². The van der Waals surface area contributed by atoms with Crippen LogP contribution in [0.5, 0.6) is 0 Å². The van der Waals surface area contributed by atoms with E-state index in [9.17, 15) is 8.78 Å². The highest BCUT2D eigenvalue weighted by molar-refractivity contribution is 5.67. The largest absolute Gasteiger partial charge is 0.395 e. The van der Waals surface area contributed by atoms with Crippen molar-refractivity contribution in [3.8, 4) is 0 Å². The summed E-state index contributed by atoms with van der Waals surface area (Å²) in [6, 6.07) is 2.82. The predicted molar refractivity (Wildman–Crippen MR) is 67.4 cm³/mol. The maximum Gasteiger partial charge on any atom is 0.151 e. The van der Waals surface area contributed by atoms with E-state index in [2.05, 4.69) is 10.2 Å². The van der Waals surface area contributed by atoms with Crippen LogP contribution in [-0.2, 0) is 0 Å². The normalized spacial score (nSPS) is 27.4. The quantitative estimate of drug-likeness (QED) is 0.794. The molecule has 2 atom stereocenters. The van der Waals surface area contributed by atoms with Crippen LogP contribution in [0.1, 0.15) is 19.3 Å². The molecule has 0 amide bonds. The molecule has 2 fully saturated rings. The summed E-state index contributed by atoms with van der Waals surface area (Å²) in [7, 11) is 0. The van der Waals surface area contributed by atoms with Crippen molar-refractivity contribution in [1.29, 1.82) is 0 Å². The fourth-order valence-electron chi connectivity index (χ4n) is 3.15. The van der Waals surface area contributed by atoms with Gasteiger partial charge < -0.3 is 11.1 Å². The highest BCUT2D eigenvalue weighted by Crippen LogP contribution is 2.32. The van der Waals surface area contributed by atoms with Gasteiger partial charge in [0.1, 0.15) is 5.82 Å². The number of nitrogens with zero attached hydrogens (tertiary/aromatic N) is 1. The predicted octanol–water partition coefficient (Wildman–Crippen LogP) is 2.20. The molecule has 1 aromatic carbocycles. The Morgan fingerprint density at radius 2 is 2.06 bits per heavy atom. The molecule has 0 spiro atoms. The number of fused-ring (bicyclic) bond motifs is 1. The maximum atomic E-state index is 13.4. The standard InChI is InChI=1S/C13H17F2N3/c14-8-6-9(15)13(16)11(7-8)17-10-3-5-18-4-1-2-12(10)18/h6-7,10,12,17H,1-5,16H2. The van der Waals surface area contributed by atoms with Crippen LogP contribution in [0.15, 0.2) is 12.1 Å². The molecule has 0 aliphatic carbocycles. The molecule has 2 aliphatic rings. The van der Waals surface area contributed by atoms with Crippen molar-refractivity contribution < 1.29 is 8.78 Å². The van der Waals surface area contributed by atoms with Crippen molar-refractivity contribution in [2.24, 2.45) is 0 Å². The lowest BCUT2D eigenvalue weighted by Crippen LogP contribution is -2.34. The maximum absolute atomic E-state index is 13.4. The van der Waals surface area contributed by atoms with Crippen molar-refractivity contribution >= 4 is 11.4 Å². The van der Waals surface area contributed by atoms with Gasteiger partial charge in [-0.2, -0.15) is 0 Å². The first-order valence-corrected chi connectivity index (χ1v) is 6.40. The van der Waals surface area contributed by atoms with Gasteiger partial charge in [-0.25, -0.2) is 8.78 Å². The van der Waals surface area contributed by atoms with Gasteiger partial charge >= 0.3 is 0 Å². The van der Waals surface area contributed by atoms with Gasteiger partial charge in [0.15, 0.2) is 5.82 Å². The molecular formula is C13H17F2N3. The summed E-state index contributed by atoms with van der Waals surface area (Å²) in [5, 5.41) is 3.22. The number of rotatable bonds is 2. The Morgan fingerprint density at radius 3 is 2.89 bits per heavy atom. The van der Waals surface area contributed by atoms with E-state index in [1.807, 2.05) is 0 Å². The van der Waals surface area contributed by atoms with Crippen molar-refractivity contribution in [3.63, 3.8) is 0 Å². The molecule has 1 aromatic rings. The fraction of sp³-hybridized carbons (Fsp3) is 0.538. The van der Waals surface area contributed by atoms with Gasteiger partial charge in [0, 0.05) is 24.7 Å². The van der Waals surface area contributed by atoms with Crippen LogP contribution < -0.4 is 11.1 Å². The molecule has 98 valence electrons. The van der Waals surface area contributed by atoms with Crippen molar-refractivity contribution in [2.75, 3.05) is 24.1 Å². The van der Waals surface area contributed by atoms with Gasteiger partial charge in [0.05, 0.1) is 11.4 Å². The van der Waals surface area contributed by atoms with Gasteiger partial charge in [0.2, 0.25) is 0 Å². The summed E-state index contributed by atoms with van der Waals surface area (Å²) < 4.78 is 26.6. The molecule has 2 aliphatic heterocycles. The monoisotopic (exact) mass is 253 g/mol. The molecule has 0 saturated carbocycles. The third kappa shape index (κ3) is 1.92. The van der Waals surface area contributed by atoms with E-state index in [-0.39, 0.29) is 11.7 Å². The lowest BCUT2D eigenvalue weighted by atomic mass is 10.1. The number of nitrogens with two attached hydrogens (primary N) is 1. The molecule has 3 rings (SSSR count). The second-order valence-corrected chi connectivity index (χ2v) is 5.13. The third-order valence-corrected chi connectivity index (χ3v) is 4.04. The molecule has 0 aromatic heterocycles. The topological polar surface area (TPSA) is 41.3 Å². The molecule has 2 heterocycles. The Kier molecular flexibility index (Phi) is 2.86. The van der Waals surface area contributed by atoms with E-state index in [1.165, 1.54) is 12.5 Å². The average Bonchev–Trinajstić information content (AvgIpc) is 2.90. The van der Waals surface area contributed by atoms with E-state index in [1.54, 1.807) is 0 Å². The van der Waals surface area contributed by atoms with Crippen LogP contribution in [0.3, 0.4) is 0 Å². The van der Waals surface area contributed by atoms with Crippen LogP contribution in [0.2, 0.25) is 0 Å². The lowest BCUT2D eigenvalue weighted by Gasteiger charge is -2.23. The Bertz CT molecular complexity index is 464. The number of benzene rings is 1. The van der Waals surface area contributed by atoms with Crippen molar-refractivity contribution in [2.45, 2.75) is 31.3 Å². The molecular weight excluding hydrogens is 236 g/mol. The summed E-state index contributed by atoms with van der Waals surface area (Å²) in [6.45, 7) is 2.19. The van der Waals surface area contributed by atoms with Gasteiger partial charge in [-0.05, 0) is 31.9 Å². The van der Waals surface area contributed by atoms with Crippen molar-refractivity contribution in [1.82, 2.24) is 4.90 Å². The summed E-state index contributed by atoms with van der Waals surface area (Å²) in [5.41, 5.74) is 6.04. The molecule has 18 heavy (non-hydrogen) atoms. The van der Waals surface area contributed by atoms with Gasteiger partial charge in [-0.3, -0.25) is 4.90 Å². The van der Waals surface area contributed by atoms with Crippen LogP contribution in [0, 0.1) is 11.6 Å². The van der Waals surface area contributed by atoms with E-state index in [0.29, 0.717) is 11.7 Å². The summed E-state index contributed by atoms with van der Waals surface area (Å²) in [4.78, 5) is 2.43. The fourth-order valence-corrected chi connectivity index (χ4v) is 3.15. The molecule has 0 bridgehead atoms. The zero-order chi connectivity index (χ0) is 12.7. The summed E-state index contributed by atoms with van der Waals surface area (Å²) >= 11 is 0. The molecule has 5 heteroatoms. The number of nitrogens with one attached hydrogen (secondary N) is 1. The van der Waals surface area contributed by atoms with E-state index in [0.717, 1.165) is 32.0 Å². The van der Waals surface area contributed by atoms with Crippen LogP contribution in [0.25, 0.3) is 0 Å². The molecule has 0 radical (unpaired) electrons. The SMILES string of the molecule is Nc1c(F)cc(F)cc1NC1CCN2CCCC12. The molecule has 3 N–H and O–H groups in total. The smallest absolute Gasteiger partial charge is 0.151 e. The Balaban J connectivity index is 1.80. The van der Waals surface area contributed by atoms with Crippen molar-refractivity contribution in [3.05, 3.63) is 23.8 Å². The minimum absolute atomic E-state index is 0.00727. The van der Waals surface area contributed by atoms with E-state index in [4.69, 9.17) is 5.73 Å². The van der Waals surface area contributed by atoms with Crippen LogP contribution in [0.4, 0.5) is 20.2 Å². The first-order valence-electron chi connectivity index (χ1n) is 6.40. The highest BCUT2D eigenvalue weighted by Gasteiger charge is 2.37. The number of anilines is 2. The third-order valence-electron chi connectivity index (χ3n) is 4.04. The lowest BCUT2D eigenvalue weighted by molar-refractivity contribution is 0.318. The average molecular weight is 253 g/mol. The molecule has 2 unspecified atom stereocenters. The Hall–Kier alpha value is -1.36. The Labute approximate surface area is 105 Å². The second-order valence-electron chi connectivity index (χ2n) is 5.13. The number of hydrogen-bond donors (Lipinski definition) is 2. The number of nitrogen functional groups attached to an aromatic ring is 1. The molecule has 3 nitrogen and oxygen atoms in total. The minimum atomic E-state index is -0.696. The van der Waals surface area contributed by atoms with Crippen LogP contribution in [-0.4, -0.2) is 30.1 Å². The number of hydrogen-bond acceptors (Lipinski definition) is 3. The molecule has 2 saturated heterocycles. The first kappa shape index (κ1) is 11.7. The zero-order valence-electron chi connectivity index (χ0n) is 10.1. The number of halogens is 2. The highest BCUT2D eigenvalue weighted by atomic mass is 19.1. The van der Waals surface area contributed by atoms with Gasteiger partial charge in [-0.1, -0.05) is 0 Å². The van der Waals surface area contributed by atoms with Crippen LogP contribution >= 0.6 is 0 Å². The minimum Gasteiger partial charge on any atom is -0.395 e. The zero-order valence-corrected chi connectivity index (χ0v) is 10.1. The Morgan fingerprint density at radius 1 is 1.22 bits per heavy atom. The van der Waals surface area contributed by atoms with E-state index >= 15 is 0 Å².